The third-order valence-electron chi connectivity index (χ3n) is 3.48. The molecule has 0 fully saturated rings. The Morgan fingerprint density at radius 3 is 2.63 bits per heavy atom. The molecule has 0 radical (unpaired) electrons. The minimum absolute atomic E-state index is 0.642. The summed E-state index contributed by atoms with van der Waals surface area (Å²) in [5.74, 6) is 0. The number of aryl methyl sites for hydroxylation is 1. The van der Waals surface area contributed by atoms with Crippen molar-refractivity contribution in [2.75, 3.05) is 6.54 Å². The third-order valence-corrected chi connectivity index (χ3v) is 3.97. The van der Waals surface area contributed by atoms with E-state index in [0.717, 1.165) is 28.7 Å². The lowest BCUT2D eigenvalue weighted by atomic mass is 10.1. The van der Waals surface area contributed by atoms with Crippen LogP contribution in [0, 0.1) is 13.8 Å². The number of rotatable bonds is 4. The maximum atomic E-state index is 5.71. The predicted molar refractivity (Wildman–Crippen MR) is 82.9 cm³/mol. The van der Waals surface area contributed by atoms with Gasteiger partial charge in [-0.1, -0.05) is 22.9 Å². The van der Waals surface area contributed by atoms with Crippen molar-refractivity contribution >= 4 is 15.9 Å². The van der Waals surface area contributed by atoms with Crippen molar-refractivity contribution in [1.29, 1.82) is 0 Å². The van der Waals surface area contributed by atoms with Crippen molar-refractivity contribution in [3.8, 4) is 5.69 Å². The van der Waals surface area contributed by atoms with Gasteiger partial charge in [-0.15, -0.1) is 0 Å². The molecule has 0 bridgehead atoms. The molecular weight excluding hydrogens is 302 g/mol. The molecule has 0 amide bonds. The summed E-state index contributed by atoms with van der Waals surface area (Å²) in [6, 6.07) is 6.29. The molecule has 0 atom stereocenters. The lowest BCUT2D eigenvalue weighted by Crippen LogP contribution is -2.09. The molecule has 102 valence electrons. The molecule has 3 nitrogen and oxygen atoms in total. The molecule has 0 unspecified atom stereocenters. The van der Waals surface area contributed by atoms with E-state index in [1.807, 2.05) is 4.68 Å². The smallest absolute Gasteiger partial charge is 0.0682 e. The summed E-state index contributed by atoms with van der Waals surface area (Å²) in [6.45, 7) is 7.02. The molecule has 0 saturated carbocycles. The minimum atomic E-state index is 0.642. The van der Waals surface area contributed by atoms with Gasteiger partial charge in [0, 0.05) is 10.2 Å². The quantitative estimate of drug-likeness (QED) is 0.938. The predicted octanol–water partition coefficient (Wildman–Crippen LogP) is 3.32. The molecule has 1 aromatic carbocycles. The molecule has 2 rings (SSSR count). The molecule has 0 aliphatic rings. The first-order valence-corrected chi connectivity index (χ1v) is 7.41. The second-order valence-electron chi connectivity index (χ2n) is 4.73. The van der Waals surface area contributed by atoms with E-state index < -0.39 is 0 Å². The van der Waals surface area contributed by atoms with E-state index in [-0.39, 0.29) is 0 Å². The normalized spacial score (nSPS) is 11.0. The molecule has 4 heteroatoms. The van der Waals surface area contributed by atoms with Crippen LogP contribution in [0.2, 0.25) is 0 Å². The number of nitrogens with zero attached hydrogens (tertiary/aromatic N) is 2. The lowest BCUT2D eigenvalue weighted by Gasteiger charge is -2.11. The van der Waals surface area contributed by atoms with Crippen LogP contribution >= 0.6 is 15.9 Å². The number of hydrogen-bond donors (Lipinski definition) is 1. The van der Waals surface area contributed by atoms with E-state index in [9.17, 15) is 0 Å². The van der Waals surface area contributed by atoms with Crippen LogP contribution < -0.4 is 5.73 Å². The van der Waals surface area contributed by atoms with Crippen LogP contribution in [0.4, 0.5) is 0 Å². The van der Waals surface area contributed by atoms with Crippen molar-refractivity contribution in [2.45, 2.75) is 33.6 Å². The van der Waals surface area contributed by atoms with E-state index in [4.69, 9.17) is 5.73 Å². The van der Waals surface area contributed by atoms with E-state index in [0.29, 0.717) is 6.54 Å². The van der Waals surface area contributed by atoms with Crippen LogP contribution in [0.15, 0.2) is 22.7 Å². The average Bonchev–Trinajstić information content (AvgIpc) is 2.65. The van der Waals surface area contributed by atoms with Gasteiger partial charge in [-0.2, -0.15) is 5.10 Å². The average molecular weight is 322 g/mol. The molecule has 0 saturated heterocycles. The summed E-state index contributed by atoms with van der Waals surface area (Å²) in [5, 5.41) is 4.68. The molecular formula is C15H20BrN3. The van der Waals surface area contributed by atoms with Gasteiger partial charge in [0.15, 0.2) is 0 Å². The van der Waals surface area contributed by atoms with Crippen molar-refractivity contribution in [1.82, 2.24) is 9.78 Å². The van der Waals surface area contributed by atoms with Crippen LogP contribution in [0.3, 0.4) is 0 Å². The fourth-order valence-electron chi connectivity index (χ4n) is 2.54. The van der Waals surface area contributed by atoms with Crippen molar-refractivity contribution in [2.24, 2.45) is 5.73 Å². The Morgan fingerprint density at radius 2 is 2.05 bits per heavy atom. The largest absolute Gasteiger partial charge is 0.330 e. The van der Waals surface area contributed by atoms with Gasteiger partial charge >= 0.3 is 0 Å². The van der Waals surface area contributed by atoms with Crippen LogP contribution in [0.25, 0.3) is 5.69 Å². The fraction of sp³-hybridized carbons (Fsp3) is 0.400. The Morgan fingerprint density at radius 1 is 1.32 bits per heavy atom. The first kappa shape index (κ1) is 14.3. The Kier molecular flexibility index (Phi) is 4.42. The molecule has 1 heterocycles. The van der Waals surface area contributed by atoms with E-state index in [1.165, 1.54) is 16.8 Å². The zero-order valence-corrected chi connectivity index (χ0v) is 13.3. The van der Waals surface area contributed by atoms with Gasteiger partial charge in [-0.05, 0) is 62.6 Å². The highest BCUT2D eigenvalue weighted by Gasteiger charge is 2.13. The van der Waals surface area contributed by atoms with Gasteiger partial charge in [-0.3, -0.25) is 0 Å². The number of benzene rings is 1. The monoisotopic (exact) mass is 321 g/mol. The number of aromatic nitrogens is 2. The number of nitrogens with two attached hydrogens (primary N) is 1. The Labute approximate surface area is 122 Å². The highest BCUT2D eigenvalue weighted by molar-refractivity contribution is 9.10. The summed E-state index contributed by atoms with van der Waals surface area (Å²) in [4.78, 5) is 0. The Hall–Kier alpha value is -1.13. The van der Waals surface area contributed by atoms with E-state index in [1.54, 1.807) is 0 Å². The van der Waals surface area contributed by atoms with E-state index >= 15 is 0 Å². The SMILES string of the molecule is CCc1c(C)nn(-c2ccc(Br)cc2CCN)c1C. The molecule has 0 aliphatic heterocycles. The minimum Gasteiger partial charge on any atom is -0.330 e. The highest BCUT2D eigenvalue weighted by Crippen LogP contribution is 2.24. The highest BCUT2D eigenvalue weighted by atomic mass is 79.9. The fourth-order valence-corrected chi connectivity index (χ4v) is 2.95. The van der Waals surface area contributed by atoms with Gasteiger partial charge in [0.25, 0.3) is 0 Å². The Bertz CT molecular complexity index is 587. The van der Waals surface area contributed by atoms with Crippen LogP contribution in [0.5, 0.6) is 0 Å². The Balaban J connectivity index is 2.58. The second-order valence-corrected chi connectivity index (χ2v) is 5.64. The van der Waals surface area contributed by atoms with Gasteiger partial charge < -0.3 is 5.73 Å². The molecule has 1 aromatic heterocycles. The molecule has 0 aliphatic carbocycles. The summed E-state index contributed by atoms with van der Waals surface area (Å²) < 4.78 is 3.13. The topological polar surface area (TPSA) is 43.8 Å². The van der Waals surface area contributed by atoms with Crippen LogP contribution in [0.1, 0.15) is 29.4 Å². The zero-order chi connectivity index (χ0) is 14.0. The van der Waals surface area contributed by atoms with E-state index in [2.05, 4.69) is 60.0 Å². The third kappa shape index (κ3) is 2.74. The molecule has 2 aromatic rings. The first-order valence-electron chi connectivity index (χ1n) is 6.62. The summed E-state index contributed by atoms with van der Waals surface area (Å²) in [6.07, 6.45) is 1.87. The zero-order valence-electron chi connectivity index (χ0n) is 11.7. The van der Waals surface area contributed by atoms with Crippen molar-refractivity contribution in [3.63, 3.8) is 0 Å². The van der Waals surface area contributed by atoms with Gasteiger partial charge in [-0.25, -0.2) is 4.68 Å². The number of hydrogen-bond acceptors (Lipinski definition) is 2. The number of halogens is 1. The molecule has 2 N–H and O–H groups in total. The van der Waals surface area contributed by atoms with Crippen LogP contribution in [-0.4, -0.2) is 16.3 Å². The molecule has 19 heavy (non-hydrogen) atoms. The molecule has 0 spiro atoms. The standard InChI is InChI=1S/C15H20BrN3/c1-4-14-10(2)18-19(11(14)3)15-6-5-13(16)9-12(15)7-8-17/h5-6,9H,4,7-8,17H2,1-3H3. The van der Waals surface area contributed by atoms with Crippen LogP contribution in [-0.2, 0) is 12.8 Å². The summed E-state index contributed by atoms with van der Waals surface area (Å²) in [5.41, 5.74) is 11.7. The summed E-state index contributed by atoms with van der Waals surface area (Å²) >= 11 is 3.52. The van der Waals surface area contributed by atoms with Crippen molar-refractivity contribution < 1.29 is 0 Å². The van der Waals surface area contributed by atoms with Crippen molar-refractivity contribution in [3.05, 3.63) is 45.2 Å². The van der Waals surface area contributed by atoms with Gasteiger partial charge in [0.1, 0.15) is 0 Å². The second kappa shape index (κ2) is 5.88. The van der Waals surface area contributed by atoms with Gasteiger partial charge in [0.2, 0.25) is 0 Å². The maximum absolute atomic E-state index is 5.71. The maximum Gasteiger partial charge on any atom is 0.0682 e. The first-order chi connectivity index (χ1) is 9.08. The van der Waals surface area contributed by atoms with Gasteiger partial charge in [0.05, 0.1) is 11.4 Å². The summed E-state index contributed by atoms with van der Waals surface area (Å²) in [7, 11) is 0. The lowest BCUT2D eigenvalue weighted by molar-refractivity contribution is 0.812.